The molecule has 0 bridgehead atoms. The molecule has 1 aliphatic heterocycles. The van der Waals surface area contributed by atoms with Crippen LogP contribution in [0.1, 0.15) is 71.3 Å². The fourth-order valence-electron chi connectivity index (χ4n) is 3.68. The van der Waals surface area contributed by atoms with Crippen molar-refractivity contribution in [1.29, 1.82) is 0 Å². The van der Waals surface area contributed by atoms with Crippen molar-refractivity contribution in [3.8, 4) is 0 Å². The molecule has 1 aromatic rings. The number of nitrogens with two attached hydrogens (primary N) is 1. The fraction of sp³-hybridized carbons (Fsp3) is 0.682. The van der Waals surface area contributed by atoms with Gasteiger partial charge in [0.1, 0.15) is 6.04 Å². The summed E-state index contributed by atoms with van der Waals surface area (Å²) in [5, 5.41) is 0. The van der Waals surface area contributed by atoms with Gasteiger partial charge in [-0.15, -0.1) is 0 Å². The first-order chi connectivity index (χ1) is 13.1. The van der Waals surface area contributed by atoms with Gasteiger partial charge in [-0.05, 0) is 70.6 Å². The molecule has 1 saturated heterocycles. The van der Waals surface area contributed by atoms with E-state index >= 15 is 0 Å². The van der Waals surface area contributed by atoms with Crippen LogP contribution in [0.15, 0.2) is 24.3 Å². The van der Waals surface area contributed by atoms with E-state index < -0.39 is 14.6 Å². The Hall–Kier alpha value is -1.56. The minimum atomic E-state index is -2.99. The molecule has 1 aliphatic rings. The summed E-state index contributed by atoms with van der Waals surface area (Å²) in [4.78, 5) is 13.7. The van der Waals surface area contributed by atoms with Crippen LogP contribution in [0.2, 0.25) is 0 Å². The van der Waals surface area contributed by atoms with Crippen molar-refractivity contribution in [2.75, 3.05) is 17.2 Å². The number of unbranched alkanes of at least 4 members (excludes halogenated alkanes) is 4. The molecule has 1 fully saturated rings. The summed E-state index contributed by atoms with van der Waals surface area (Å²) in [5.74, 6) is 0.0534. The molecular formula is C22H36N2O3S. The first-order valence-corrected chi connectivity index (χ1v) is 12.1. The Balaban J connectivity index is 1.67. The number of rotatable bonds is 10. The van der Waals surface area contributed by atoms with Crippen molar-refractivity contribution in [3.63, 3.8) is 0 Å². The largest absolute Gasteiger partial charge is 0.368 e. The van der Waals surface area contributed by atoms with E-state index in [9.17, 15) is 13.2 Å². The van der Waals surface area contributed by atoms with Crippen molar-refractivity contribution in [2.45, 2.75) is 82.9 Å². The maximum Gasteiger partial charge on any atom is 0.240 e. The number of benzene rings is 1. The molecule has 0 aromatic heterocycles. The van der Waals surface area contributed by atoms with E-state index in [0.29, 0.717) is 5.75 Å². The molecule has 0 spiro atoms. The highest BCUT2D eigenvalue weighted by Gasteiger charge is 2.29. The molecule has 0 radical (unpaired) electrons. The summed E-state index contributed by atoms with van der Waals surface area (Å²) in [5.41, 5.74) is 7.88. The van der Waals surface area contributed by atoms with E-state index in [2.05, 4.69) is 29.2 Å². The third kappa shape index (κ3) is 6.23. The van der Waals surface area contributed by atoms with E-state index in [1.165, 1.54) is 5.56 Å². The first kappa shape index (κ1) is 22.7. The van der Waals surface area contributed by atoms with Crippen LogP contribution < -0.4 is 10.6 Å². The third-order valence-electron chi connectivity index (χ3n) is 5.66. The van der Waals surface area contributed by atoms with Crippen LogP contribution in [0.3, 0.4) is 0 Å². The fourth-order valence-corrected chi connectivity index (χ4v) is 4.88. The molecule has 5 nitrogen and oxygen atoms in total. The highest BCUT2D eigenvalue weighted by Crippen LogP contribution is 2.26. The van der Waals surface area contributed by atoms with E-state index in [1.54, 1.807) is 20.8 Å². The zero-order valence-corrected chi connectivity index (χ0v) is 18.4. The monoisotopic (exact) mass is 408 g/mol. The van der Waals surface area contributed by atoms with Crippen molar-refractivity contribution in [1.82, 2.24) is 0 Å². The van der Waals surface area contributed by atoms with Gasteiger partial charge in [0.15, 0.2) is 9.84 Å². The number of hydrogen-bond acceptors (Lipinski definition) is 4. The second-order valence-electron chi connectivity index (χ2n) is 8.87. The van der Waals surface area contributed by atoms with Gasteiger partial charge in [0.05, 0.1) is 10.5 Å². The number of carbonyl (C=O) groups excluding carboxylic acids is 1. The molecule has 1 heterocycles. The Labute approximate surface area is 170 Å². The predicted molar refractivity (Wildman–Crippen MR) is 116 cm³/mol. The molecule has 28 heavy (non-hydrogen) atoms. The molecule has 0 saturated carbocycles. The van der Waals surface area contributed by atoms with Gasteiger partial charge in [-0.2, -0.15) is 0 Å². The Morgan fingerprint density at radius 3 is 2.29 bits per heavy atom. The van der Waals surface area contributed by atoms with Crippen LogP contribution in [0.5, 0.6) is 0 Å². The van der Waals surface area contributed by atoms with Crippen LogP contribution in [0.4, 0.5) is 5.69 Å². The average molecular weight is 409 g/mol. The molecule has 0 unspecified atom stereocenters. The molecule has 0 aliphatic carbocycles. The van der Waals surface area contributed by atoms with Gasteiger partial charge in [0, 0.05) is 12.2 Å². The molecule has 158 valence electrons. The lowest BCUT2D eigenvalue weighted by Gasteiger charge is -2.24. The molecule has 2 N–H and O–H groups in total. The molecule has 6 heteroatoms. The van der Waals surface area contributed by atoms with Crippen LogP contribution in [0.25, 0.3) is 0 Å². The smallest absolute Gasteiger partial charge is 0.240 e. The molecule has 2 rings (SSSR count). The van der Waals surface area contributed by atoms with Crippen LogP contribution in [-0.4, -0.2) is 37.4 Å². The van der Waals surface area contributed by atoms with Gasteiger partial charge in [-0.1, -0.05) is 31.4 Å². The minimum absolute atomic E-state index is 0.173. The van der Waals surface area contributed by atoms with Gasteiger partial charge < -0.3 is 10.6 Å². The number of anilines is 1. The summed E-state index contributed by atoms with van der Waals surface area (Å²) in [7, 11) is -2.99. The molecule has 1 aromatic carbocycles. The van der Waals surface area contributed by atoms with Gasteiger partial charge in [0.25, 0.3) is 0 Å². The number of carbonyl (C=O) groups is 1. The Kier molecular flexibility index (Phi) is 7.93. The first-order valence-electron chi connectivity index (χ1n) is 10.5. The normalized spacial score (nSPS) is 17.8. The Bertz CT molecular complexity index is 736. The van der Waals surface area contributed by atoms with Crippen molar-refractivity contribution < 1.29 is 13.2 Å². The van der Waals surface area contributed by atoms with E-state index in [0.717, 1.165) is 63.6 Å². The maximum atomic E-state index is 12.1. The number of sulfone groups is 1. The topological polar surface area (TPSA) is 80.5 Å². The summed E-state index contributed by atoms with van der Waals surface area (Å²) in [6, 6.07) is 8.29. The van der Waals surface area contributed by atoms with Crippen LogP contribution in [0, 0.1) is 0 Å². The number of primary amides is 1. The zero-order valence-electron chi connectivity index (χ0n) is 17.6. The van der Waals surface area contributed by atoms with E-state index in [1.807, 2.05) is 0 Å². The average Bonchev–Trinajstić information content (AvgIpc) is 3.10. The minimum Gasteiger partial charge on any atom is -0.368 e. The second kappa shape index (κ2) is 9.77. The van der Waals surface area contributed by atoms with Crippen LogP contribution >= 0.6 is 0 Å². The van der Waals surface area contributed by atoms with Crippen molar-refractivity contribution in [2.24, 2.45) is 5.73 Å². The Morgan fingerprint density at radius 2 is 1.68 bits per heavy atom. The Morgan fingerprint density at radius 1 is 1.07 bits per heavy atom. The highest BCUT2D eigenvalue weighted by atomic mass is 32.2. The standard InChI is InChI=1S/C22H36N2O3S/c1-22(2,3)28(26,27)17-8-6-4-5-7-10-18-12-14-19(15-13-18)24-16-9-11-20(24)21(23)25/h12-15,20H,4-11,16-17H2,1-3H3,(H2,23,25)/t20-/m0/s1. The number of nitrogens with zero attached hydrogens (tertiary/aromatic N) is 1. The zero-order chi connectivity index (χ0) is 20.8. The summed E-state index contributed by atoms with van der Waals surface area (Å²) in [6.07, 6.45) is 7.90. The van der Waals surface area contributed by atoms with Crippen LogP contribution in [-0.2, 0) is 21.1 Å². The third-order valence-corrected chi connectivity index (χ3v) is 8.35. The van der Waals surface area contributed by atoms with Crippen molar-refractivity contribution >= 4 is 21.4 Å². The lowest BCUT2D eigenvalue weighted by molar-refractivity contribution is -0.119. The van der Waals surface area contributed by atoms with Gasteiger partial charge >= 0.3 is 0 Å². The van der Waals surface area contributed by atoms with Crippen molar-refractivity contribution in [3.05, 3.63) is 29.8 Å². The number of amides is 1. The second-order valence-corrected chi connectivity index (χ2v) is 11.7. The number of aryl methyl sites for hydroxylation is 1. The summed E-state index contributed by atoms with van der Waals surface area (Å²) in [6.45, 7) is 6.19. The quantitative estimate of drug-likeness (QED) is 0.596. The highest BCUT2D eigenvalue weighted by molar-refractivity contribution is 7.92. The lowest BCUT2D eigenvalue weighted by Crippen LogP contribution is -2.40. The number of hydrogen-bond donors (Lipinski definition) is 1. The predicted octanol–water partition coefficient (Wildman–Crippen LogP) is 3.85. The molecule has 1 atom stereocenters. The van der Waals surface area contributed by atoms with Gasteiger partial charge in [-0.25, -0.2) is 8.42 Å². The SMILES string of the molecule is CC(C)(C)S(=O)(=O)CCCCCCCc1ccc(N2CCC[C@H]2C(N)=O)cc1. The van der Waals surface area contributed by atoms with Gasteiger partial charge in [-0.3, -0.25) is 4.79 Å². The summed E-state index contributed by atoms with van der Waals surface area (Å²) >= 11 is 0. The maximum absolute atomic E-state index is 12.1. The van der Waals surface area contributed by atoms with E-state index in [-0.39, 0.29) is 11.9 Å². The van der Waals surface area contributed by atoms with Gasteiger partial charge in [0.2, 0.25) is 5.91 Å². The van der Waals surface area contributed by atoms with E-state index in [4.69, 9.17) is 5.73 Å². The molecular weight excluding hydrogens is 372 g/mol. The molecule has 1 amide bonds. The summed E-state index contributed by atoms with van der Waals surface area (Å²) < 4.78 is 23.5. The lowest BCUT2D eigenvalue weighted by atomic mass is 10.0.